The Morgan fingerprint density at radius 2 is 2.18 bits per heavy atom. The van der Waals surface area contributed by atoms with Crippen molar-refractivity contribution < 1.29 is 4.74 Å². The number of nitrogens with one attached hydrogen (secondary N) is 1. The molecule has 0 saturated heterocycles. The lowest BCUT2D eigenvalue weighted by Gasteiger charge is -2.24. The van der Waals surface area contributed by atoms with Crippen molar-refractivity contribution in [1.82, 2.24) is 5.32 Å². The molecule has 17 heavy (non-hydrogen) atoms. The van der Waals surface area contributed by atoms with Crippen LogP contribution in [0.5, 0.6) is 5.75 Å². The van der Waals surface area contributed by atoms with E-state index in [1.807, 2.05) is 12.1 Å². The Balaban J connectivity index is 2.16. The van der Waals surface area contributed by atoms with Crippen molar-refractivity contribution >= 4 is 23.2 Å². The van der Waals surface area contributed by atoms with Gasteiger partial charge >= 0.3 is 0 Å². The lowest BCUT2D eigenvalue weighted by atomic mass is 10.1. The van der Waals surface area contributed by atoms with Gasteiger partial charge in [0.25, 0.3) is 0 Å². The van der Waals surface area contributed by atoms with Crippen molar-refractivity contribution in [3.8, 4) is 5.75 Å². The molecule has 0 atom stereocenters. The van der Waals surface area contributed by atoms with Crippen LogP contribution in [0.1, 0.15) is 25.0 Å². The molecule has 94 valence electrons. The van der Waals surface area contributed by atoms with E-state index in [2.05, 4.69) is 19.2 Å². The highest BCUT2D eigenvalue weighted by Crippen LogP contribution is 2.33. The monoisotopic (exact) mass is 273 g/mol. The number of ether oxygens (including phenoxy) is 1. The number of alkyl halides is 1. The Hall–Kier alpha value is -0.440. The van der Waals surface area contributed by atoms with E-state index >= 15 is 0 Å². The van der Waals surface area contributed by atoms with Crippen LogP contribution in [0.2, 0.25) is 5.02 Å². The fourth-order valence-corrected chi connectivity index (χ4v) is 2.22. The maximum Gasteiger partial charge on any atom is 0.127 e. The molecule has 0 saturated carbocycles. The third kappa shape index (κ3) is 3.06. The zero-order valence-corrected chi connectivity index (χ0v) is 11.7. The first kappa shape index (κ1) is 13.0. The van der Waals surface area contributed by atoms with Gasteiger partial charge in [-0.05, 0) is 31.5 Å². The second kappa shape index (κ2) is 5.05. The smallest absolute Gasteiger partial charge is 0.127 e. The summed E-state index contributed by atoms with van der Waals surface area (Å²) in [6.07, 6.45) is 0.946. The fourth-order valence-electron chi connectivity index (χ4n) is 1.86. The van der Waals surface area contributed by atoms with Crippen LogP contribution in [-0.2, 0) is 13.0 Å². The summed E-state index contributed by atoms with van der Waals surface area (Å²) in [6.45, 7) is 5.63. The van der Waals surface area contributed by atoms with Crippen LogP contribution in [-0.4, -0.2) is 18.0 Å². The molecule has 4 heteroatoms. The average Bonchev–Trinajstić information content (AvgIpc) is 2.73. The predicted octanol–water partition coefficient (Wildman–Crippen LogP) is 3.38. The quantitative estimate of drug-likeness (QED) is 0.850. The van der Waals surface area contributed by atoms with Crippen molar-refractivity contribution in [2.45, 2.75) is 32.4 Å². The number of rotatable bonds is 4. The molecule has 0 aromatic heterocycles. The Bertz CT molecular complexity index is 418. The summed E-state index contributed by atoms with van der Waals surface area (Å²) in [6, 6.07) is 3.95. The minimum Gasteiger partial charge on any atom is -0.493 e. The van der Waals surface area contributed by atoms with Crippen LogP contribution < -0.4 is 10.1 Å². The Kier molecular flexibility index (Phi) is 3.86. The average molecular weight is 274 g/mol. The molecule has 0 spiro atoms. The molecule has 1 N–H and O–H groups in total. The van der Waals surface area contributed by atoms with E-state index < -0.39 is 0 Å². The molecule has 1 aliphatic heterocycles. The topological polar surface area (TPSA) is 21.3 Å². The zero-order chi connectivity index (χ0) is 12.5. The molecule has 0 bridgehead atoms. The fraction of sp³-hybridized carbons (Fsp3) is 0.538. The molecule has 2 rings (SSSR count). The Morgan fingerprint density at radius 1 is 1.41 bits per heavy atom. The van der Waals surface area contributed by atoms with Gasteiger partial charge < -0.3 is 10.1 Å². The molecule has 1 aromatic rings. The highest BCUT2D eigenvalue weighted by atomic mass is 35.5. The lowest BCUT2D eigenvalue weighted by molar-refractivity contribution is 0.349. The normalized spacial score (nSPS) is 14.6. The van der Waals surface area contributed by atoms with Crippen LogP contribution in [0.25, 0.3) is 0 Å². The van der Waals surface area contributed by atoms with Crippen molar-refractivity contribution in [2.24, 2.45) is 0 Å². The number of hydrogen-bond donors (Lipinski definition) is 1. The first-order valence-corrected chi connectivity index (χ1v) is 6.68. The van der Waals surface area contributed by atoms with E-state index in [0.717, 1.165) is 35.9 Å². The lowest BCUT2D eigenvalue weighted by Crippen LogP contribution is -2.40. The van der Waals surface area contributed by atoms with Crippen molar-refractivity contribution in [3.63, 3.8) is 0 Å². The highest BCUT2D eigenvalue weighted by Gasteiger charge is 2.20. The summed E-state index contributed by atoms with van der Waals surface area (Å²) >= 11 is 12.0. The third-order valence-electron chi connectivity index (χ3n) is 2.92. The van der Waals surface area contributed by atoms with E-state index in [4.69, 9.17) is 27.9 Å². The predicted molar refractivity (Wildman–Crippen MR) is 72.3 cm³/mol. The number of hydrogen-bond acceptors (Lipinski definition) is 2. The van der Waals surface area contributed by atoms with Gasteiger partial charge in [-0.1, -0.05) is 11.6 Å². The molecule has 0 unspecified atom stereocenters. The molecular formula is C13H17Cl2NO. The first-order chi connectivity index (χ1) is 8.02. The Labute approximate surface area is 112 Å². The summed E-state index contributed by atoms with van der Waals surface area (Å²) < 4.78 is 5.65. The van der Waals surface area contributed by atoms with Gasteiger partial charge in [0.05, 0.1) is 6.61 Å². The highest BCUT2D eigenvalue weighted by molar-refractivity contribution is 6.30. The SMILES string of the molecule is CC(C)(CCl)NCc1cc(Cl)cc2c1OCC2. The number of fused-ring (bicyclic) bond motifs is 1. The van der Waals surface area contributed by atoms with Gasteiger partial charge in [0.1, 0.15) is 5.75 Å². The van der Waals surface area contributed by atoms with E-state index in [0.29, 0.717) is 5.88 Å². The summed E-state index contributed by atoms with van der Waals surface area (Å²) in [7, 11) is 0. The second-order valence-corrected chi connectivity index (χ2v) is 5.73. The van der Waals surface area contributed by atoms with Crippen LogP contribution in [0.4, 0.5) is 0 Å². The maximum absolute atomic E-state index is 6.10. The molecule has 0 amide bonds. The van der Waals surface area contributed by atoms with Crippen LogP contribution >= 0.6 is 23.2 Å². The molecule has 1 aromatic carbocycles. The van der Waals surface area contributed by atoms with E-state index in [9.17, 15) is 0 Å². The molecule has 0 radical (unpaired) electrons. The minimum atomic E-state index is -0.0879. The molecule has 0 fully saturated rings. The molecule has 1 heterocycles. The zero-order valence-electron chi connectivity index (χ0n) is 10.1. The van der Waals surface area contributed by atoms with E-state index in [1.54, 1.807) is 0 Å². The number of halogens is 2. The third-order valence-corrected chi connectivity index (χ3v) is 3.80. The summed E-state index contributed by atoms with van der Waals surface area (Å²) in [5, 5.41) is 4.18. The largest absolute Gasteiger partial charge is 0.493 e. The van der Waals surface area contributed by atoms with Gasteiger partial charge in [-0.3, -0.25) is 0 Å². The molecule has 2 nitrogen and oxygen atoms in total. The maximum atomic E-state index is 6.10. The summed E-state index contributed by atoms with van der Waals surface area (Å²) in [4.78, 5) is 0. The van der Waals surface area contributed by atoms with E-state index in [1.165, 1.54) is 5.56 Å². The van der Waals surface area contributed by atoms with E-state index in [-0.39, 0.29) is 5.54 Å². The van der Waals surface area contributed by atoms with Crippen LogP contribution in [0, 0.1) is 0 Å². The number of benzene rings is 1. The summed E-state index contributed by atoms with van der Waals surface area (Å²) in [5.74, 6) is 1.56. The van der Waals surface area contributed by atoms with Gasteiger partial charge in [0.2, 0.25) is 0 Å². The van der Waals surface area contributed by atoms with Crippen molar-refractivity contribution in [1.29, 1.82) is 0 Å². The van der Waals surface area contributed by atoms with Gasteiger partial charge in [0.15, 0.2) is 0 Å². The van der Waals surface area contributed by atoms with Crippen molar-refractivity contribution in [2.75, 3.05) is 12.5 Å². The van der Waals surface area contributed by atoms with Gasteiger partial charge in [-0.25, -0.2) is 0 Å². The van der Waals surface area contributed by atoms with Gasteiger partial charge in [-0.2, -0.15) is 0 Å². The van der Waals surface area contributed by atoms with Gasteiger partial charge in [0, 0.05) is 35.0 Å². The van der Waals surface area contributed by atoms with Crippen molar-refractivity contribution in [3.05, 3.63) is 28.3 Å². The molecule has 0 aliphatic carbocycles. The Morgan fingerprint density at radius 3 is 2.88 bits per heavy atom. The first-order valence-electron chi connectivity index (χ1n) is 5.77. The standard InChI is InChI=1S/C13H17Cl2NO/c1-13(2,8-14)16-7-10-6-11(15)5-9-3-4-17-12(9)10/h5-6,16H,3-4,7-8H2,1-2H3. The second-order valence-electron chi connectivity index (χ2n) is 5.02. The van der Waals surface area contributed by atoms with Gasteiger partial charge in [-0.15, -0.1) is 11.6 Å². The summed E-state index contributed by atoms with van der Waals surface area (Å²) in [5.41, 5.74) is 2.23. The van der Waals surface area contributed by atoms with Crippen LogP contribution in [0.3, 0.4) is 0 Å². The van der Waals surface area contributed by atoms with Crippen LogP contribution in [0.15, 0.2) is 12.1 Å². The minimum absolute atomic E-state index is 0.0879. The molecular weight excluding hydrogens is 257 g/mol. The molecule has 1 aliphatic rings.